The quantitative estimate of drug-likeness (QED) is 0.863. The van der Waals surface area contributed by atoms with Crippen molar-refractivity contribution >= 4 is 27.5 Å². The highest BCUT2D eigenvalue weighted by Crippen LogP contribution is 2.28. The number of nitrogens with zero attached hydrogens (tertiary/aromatic N) is 1. The number of carboxylic acids is 1. The molecule has 0 atom stereocenters. The van der Waals surface area contributed by atoms with Crippen LogP contribution in [-0.4, -0.2) is 23.2 Å². The first-order chi connectivity index (χ1) is 7.19. The molecule has 0 amide bonds. The lowest BCUT2D eigenvalue weighted by atomic mass is 10.1. The Morgan fingerprint density at radius 3 is 3.07 bits per heavy atom. The van der Waals surface area contributed by atoms with Crippen LogP contribution >= 0.6 is 11.3 Å². The van der Waals surface area contributed by atoms with E-state index in [1.165, 1.54) is 11.3 Å². The minimum atomic E-state index is -0.828. The highest BCUT2D eigenvalue weighted by molar-refractivity contribution is 7.20. The molecule has 0 spiro atoms. The predicted octanol–water partition coefficient (Wildman–Crippen LogP) is 1.93. The number of thiazole rings is 1. The number of aromatic nitrogens is 1. The molecule has 2 rings (SSSR count). The highest BCUT2D eigenvalue weighted by atomic mass is 32.1. The largest absolute Gasteiger partial charge is 0.481 e. The first-order valence-electron chi connectivity index (χ1n) is 4.34. The minimum Gasteiger partial charge on any atom is -0.481 e. The van der Waals surface area contributed by atoms with E-state index in [-0.39, 0.29) is 6.42 Å². The summed E-state index contributed by atoms with van der Waals surface area (Å²) in [5.74, 6) is -0.828. The van der Waals surface area contributed by atoms with Crippen LogP contribution in [-0.2, 0) is 11.2 Å². The van der Waals surface area contributed by atoms with E-state index in [2.05, 4.69) is 4.98 Å². The summed E-state index contributed by atoms with van der Waals surface area (Å²) in [7, 11) is 1.57. The summed E-state index contributed by atoms with van der Waals surface area (Å²) < 4.78 is 5.96. The van der Waals surface area contributed by atoms with E-state index in [9.17, 15) is 4.79 Å². The molecule has 1 heterocycles. The van der Waals surface area contributed by atoms with E-state index in [0.717, 1.165) is 15.8 Å². The summed E-state index contributed by atoms with van der Waals surface area (Å²) in [6.07, 6.45) is 0.0379. The molecule has 15 heavy (non-hydrogen) atoms. The number of aliphatic carboxylic acids is 1. The van der Waals surface area contributed by atoms with Crippen molar-refractivity contribution in [1.29, 1.82) is 0 Å². The Morgan fingerprint density at radius 1 is 1.60 bits per heavy atom. The molecule has 0 unspecified atom stereocenters. The molecule has 0 saturated carbocycles. The van der Waals surface area contributed by atoms with Crippen LogP contribution in [0.2, 0.25) is 0 Å². The van der Waals surface area contributed by atoms with E-state index in [1.54, 1.807) is 13.2 Å². The van der Waals surface area contributed by atoms with Crippen molar-refractivity contribution in [2.75, 3.05) is 7.11 Å². The molecule has 2 aromatic rings. The highest BCUT2D eigenvalue weighted by Gasteiger charge is 2.06. The van der Waals surface area contributed by atoms with Gasteiger partial charge in [0.25, 0.3) is 5.19 Å². The summed E-state index contributed by atoms with van der Waals surface area (Å²) in [5.41, 5.74) is 1.62. The van der Waals surface area contributed by atoms with E-state index < -0.39 is 5.97 Å². The van der Waals surface area contributed by atoms with Gasteiger partial charge in [0.2, 0.25) is 0 Å². The Labute approximate surface area is 90.1 Å². The number of carboxylic acid groups (broad SMARTS) is 1. The second-order valence-corrected chi connectivity index (χ2v) is 4.05. The Hall–Kier alpha value is -1.62. The van der Waals surface area contributed by atoms with Crippen LogP contribution in [0.3, 0.4) is 0 Å². The van der Waals surface area contributed by atoms with Gasteiger partial charge in [0.15, 0.2) is 0 Å². The molecule has 4 nitrogen and oxygen atoms in total. The second-order valence-electron chi connectivity index (χ2n) is 3.06. The van der Waals surface area contributed by atoms with E-state index in [1.807, 2.05) is 12.1 Å². The molecular weight excluding hydrogens is 214 g/mol. The van der Waals surface area contributed by atoms with Gasteiger partial charge in [0.05, 0.1) is 23.7 Å². The van der Waals surface area contributed by atoms with Gasteiger partial charge in [-0.2, -0.15) is 0 Å². The van der Waals surface area contributed by atoms with Crippen molar-refractivity contribution in [3.8, 4) is 5.19 Å². The van der Waals surface area contributed by atoms with Gasteiger partial charge in [-0.25, -0.2) is 4.98 Å². The van der Waals surface area contributed by atoms with Crippen molar-refractivity contribution in [2.45, 2.75) is 6.42 Å². The van der Waals surface area contributed by atoms with Gasteiger partial charge in [-0.15, -0.1) is 0 Å². The number of methoxy groups -OCH3 is 1. The Morgan fingerprint density at radius 2 is 2.40 bits per heavy atom. The van der Waals surface area contributed by atoms with Crippen LogP contribution in [0.15, 0.2) is 18.2 Å². The fraction of sp³-hybridized carbons (Fsp3) is 0.200. The maximum absolute atomic E-state index is 10.5. The zero-order valence-electron chi connectivity index (χ0n) is 8.06. The van der Waals surface area contributed by atoms with E-state index in [0.29, 0.717) is 5.19 Å². The number of ether oxygens (including phenoxy) is 1. The average molecular weight is 223 g/mol. The molecule has 0 aliphatic carbocycles. The lowest BCUT2D eigenvalue weighted by Crippen LogP contribution is -1.99. The first kappa shape index (κ1) is 9.92. The summed E-state index contributed by atoms with van der Waals surface area (Å²) in [5, 5.41) is 9.25. The normalized spacial score (nSPS) is 10.5. The van der Waals surface area contributed by atoms with Crippen LogP contribution in [0, 0.1) is 0 Å². The molecule has 1 aromatic heterocycles. The molecule has 0 saturated heterocycles. The maximum Gasteiger partial charge on any atom is 0.307 e. The molecule has 0 fully saturated rings. The number of benzene rings is 1. The van der Waals surface area contributed by atoms with E-state index in [4.69, 9.17) is 9.84 Å². The fourth-order valence-corrected chi connectivity index (χ4v) is 2.16. The standard InChI is InChI=1S/C10H9NO3S/c1-14-10-11-7-3-2-6(5-9(12)13)4-8(7)15-10/h2-4H,5H2,1H3,(H,12,13). The van der Waals surface area contributed by atoms with Crippen LogP contribution in [0.5, 0.6) is 5.19 Å². The van der Waals surface area contributed by atoms with Gasteiger partial charge in [-0.1, -0.05) is 17.4 Å². The smallest absolute Gasteiger partial charge is 0.307 e. The lowest BCUT2D eigenvalue weighted by molar-refractivity contribution is -0.136. The number of fused-ring (bicyclic) bond motifs is 1. The molecule has 1 N–H and O–H groups in total. The predicted molar refractivity (Wildman–Crippen MR) is 57.5 cm³/mol. The number of hydrogen-bond donors (Lipinski definition) is 1. The third kappa shape index (κ3) is 2.07. The number of carbonyl (C=O) groups is 1. The summed E-state index contributed by atoms with van der Waals surface area (Å²) in [4.78, 5) is 14.7. The van der Waals surface area contributed by atoms with Crippen LogP contribution in [0.4, 0.5) is 0 Å². The molecule has 5 heteroatoms. The summed E-state index contributed by atoms with van der Waals surface area (Å²) >= 11 is 1.41. The molecule has 78 valence electrons. The molecule has 0 bridgehead atoms. The molecule has 0 aliphatic rings. The van der Waals surface area contributed by atoms with Gasteiger partial charge in [-0.05, 0) is 17.7 Å². The minimum absolute atomic E-state index is 0.0379. The first-order valence-corrected chi connectivity index (χ1v) is 5.16. The van der Waals surface area contributed by atoms with Crippen molar-refractivity contribution < 1.29 is 14.6 Å². The third-order valence-corrected chi connectivity index (χ3v) is 2.94. The second kappa shape index (κ2) is 3.86. The lowest BCUT2D eigenvalue weighted by Gasteiger charge is -1.95. The van der Waals surface area contributed by atoms with Gasteiger partial charge < -0.3 is 9.84 Å². The van der Waals surface area contributed by atoms with Crippen molar-refractivity contribution in [3.63, 3.8) is 0 Å². The average Bonchev–Trinajstić information content (AvgIpc) is 2.58. The molecular formula is C10H9NO3S. The zero-order chi connectivity index (χ0) is 10.8. The topological polar surface area (TPSA) is 59.4 Å². The SMILES string of the molecule is COc1nc2ccc(CC(=O)O)cc2s1. The van der Waals surface area contributed by atoms with Crippen molar-refractivity contribution in [1.82, 2.24) is 4.98 Å². The molecule has 0 radical (unpaired) electrons. The zero-order valence-corrected chi connectivity index (χ0v) is 8.87. The fourth-order valence-electron chi connectivity index (χ4n) is 1.32. The van der Waals surface area contributed by atoms with E-state index >= 15 is 0 Å². The van der Waals surface area contributed by atoms with Gasteiger partial charge >= 0.3 is 5.97 Å². The Balaban J connectivity index is 2.41. The van der Waals surface area contributed by atoms with Crippen molar-refractivity contribution in [2.24, 2.45) is 0 Å². The summed E-state index contributed by atoms with van der Waals surface area (Å²) in [6.45, 7) is 0. The van der Waals surface area contributed by atoms with Gasteiger partial charge in [0.1, 0.15) is 0 Å². The Bertz CT molecular complexity index is 506. The van der Waals surface area contributed by atoms with Crippen LogP contribution < -0.4 is 4.74 Å². The maximum atomic E-state index is 10.5. The summed E-state index contributed by atoms with van der Waals surface area (Å²) in [6, 6.07) is 5.42. The van der Waals surface area contributed by atoms with Crippen molar-refractivity contribution in [3.05, 3.63) is 23.8 Å². The van der Waals surface area contributed by atoms with Gasteiger partial charge in [0, 0.05) is 0 Å². The molecule has 1 aromatic carbocycles. The molecule has 0 aliphatic heterocycles. The van der Waals surface area contributed by atoms with Gasteiger partial charge in [-0.3, -0.25) is 4.79 Å². The van der Waals surface area contributed by atoms with Crippen LogP contribution in [0.25, 0.3) is 10.2 Å². The Kier molecular flexibility index (Phi) is 2.55. The van der Waals surface area contributed by atoms with Crippen LogP contribution in [0.1, 0.15) is 5.56 Å². The third-order valence-electron chi connectivity index (χ3n) is 1.96. The monoisotopic (exact) mass is 223 g/mol. The number of rotatable bonds is 3. The number of hydrogen-bond acceptors (Lipinski definition) is 4.